The molecule has 1 saturated carbocycles. The van der Waals surface area contributed by atoms with Crippen molar-refractivity contribution in [1.29, 1.82) is 0 Å². The Hall–Kier alpha value is -1.30. The molecule has 0 saturated heterocycles. The van der Waals surface area contributed by atoms with Crippen molar-refractivity contribution < 1.29 is 4.92 Å². The van der Waals surface area contributed by atoms with Crippen LogP contribution >= 0.6 is 11.8 Å². The van der Waals surface area contributed by atoms with Gasteiger partial charge in [-0.15, -0.1) is 11.8 Å². The number of nitro groups is 1. The summed E-state index contributed by atoms with van der Waals surface area (Å²) in [5, 5.41) is 11.4. The van der Waals surface area contributed by atoms with E-state index in [0.29, 0.717) is 0 Å². The van der Waals surface area contributed by atoms with Crippen LogP contribution in [0.15, 0.2) is 17.2 Å². The molecular weight excluding hydrogens is 250 g/mol. The molecular formula is C12H17N3O2S. The molecule has 1 aromatic heterocycles. The number of rotatable bonds is 4. The quantitative estimate of drug-likeness (QED) is 0.514. The van der Waals surface area contributed by atoms with Crippen molar-refractivity contribution in [3.63, 3.8) is 0 Å². The molecule has 2 N–H and O–H groups in total. The van der Waals surface area contributed by atoms with E-state index in [-0.39, 0.29) is 11.5 Å². The van der Waals surface area contributed by atoms with Crippen LogP contribution in [0.1, 0.15) is 32.1 Å². The Balaban J connectivity index is 1.93. The van der Waals surface area contributed by atoms with E-state index in [1.165, 1.54) is 38.2 Å². The molecule has 0 atom stereocenters. The molecule has 0 spiro atoms. The van der Waals surface area contributed by atoms with Crippen molar-refractivity contribution in [2.24, 2.45) is 5.92 Å². The molecule has 1 aromatic rings. The zero-order valence-electron chi connectivity index (χ0n) is 10.2. The van der Waals surface area contributed by atoms with Gasteiger partial charge in [0.2, 0.25) is 5.82 Å². The van der Waals surface area contributed by atoms with Crippen LogP contribution in [0.3, 0.4) is 0 Å². The van der Waals surface area contributed by atoms with Crippen LogP contribution in [-0.4, -0.2) is 15.7 Å². The molecule has 0 aliphatic heterocycles. The average Bonchev–Trinajstić information content (AvgIpc) is 2.37. The van der Waals surface area contributed by atoms with E-state index in [9.17, 15) is 10.1 Å². The van der Waals surface area contributed by atoms with Crippen LogP contribution in [0.4, 0.5) is 11.5 Å². The summed E-state index contributed by atoms with van der Waals surface area (Å²) in [7, 11) is 0. The molecule has 1 aliphatic rings. The molecule has 0 aromatic carbocycles. The predicted octanol–water partition coefficient (Wildman–Crippen LogP) is 3.24. The highest BCUT2D eigenvalue weighted by molar-refractivity contribution is 7.99. The van der Waals surface area contributed by atoms with Gasteiger partial charge in [0.05, 0.1) is 9.95 Å². The lowest BCUT2D eigenvalue weighted by atomic mass is 9.91. The minimum absolute atomic E-state index is 0.00800. The number of aromatic nitrogens is 1. The van der Waals surface area contributed by atoms with Crippen molar-refractivity contribution in [3.8, 4) is 0 Å². The third-order valence-corrected chi connectivity index (χ3v) is 4.43. The van der Waals surface area contributed by atoms with E-state index in [0.717, 1.165) is 16.7 Å². The van der Waals surface area contributed by atoms with Gasteiger partial charge in [-0.2, -0.15) is 0 Å². The number of anilines is 1. The summed E-state index contributed by atoms with van der Waals surface area (Å²) in [6.07, 6.45) is 6.57. The van der Waals surface area contributed by atoms with Gasteiger partial charge in [0, 0.05) is 11.8 Å². The fourth-order valence-electron chi connectivity index (χ4n) is 2.24. The molecule has 1 fully saturated rings. The SMILES string of the molecule is Nc1nc(SCC2CCCCC2)ccc1[N+](=O)[O-]. The van der Waals surface area contributed by atoms with Gasteiger partial charge in [-0.25, -0.2) is 4.98 Å². The molecule has 6 heteroatoms. The van der Waals surface area contributed by atoms with Gasteiger partial charge in [-0.05, 0) is 24.8 Å². The number of nitrogens with zero attached hydrogens (tertiary/aromatic N) is 2. The summed E-state index contributed by atoms with van der Waals surface area (Å²) in [6.45, 7) is 0. The average molecular weight is 267 g/mol. The lowest BCUT2D eigenvalue weighted by molar-refractivity contribution is -0.384. The van der Waals surface area contributed by atoms with Gasteiger partial charge in [-0.1, -0.05) is 19.3 Å². The first-order valence-corrected chi connectivity index (χ1v) is 7.19. The summed E-state index contributed by atoms with van der Waals surface area (Å²) >= 11 is 1.65. The molecule has 0 amide bonds. The van der Waals surface area contributed by atoms with Crippen molar-refractivity contribution in [2.75, 3.05) is 11.5 Å². The van der Waals surface area contributed by atoms with Crippen molar-refractivity contribution in [3.05, 3.63) is 22.2 Å². The summed E-state index contributed by atoms with van der Waals surface area (Å²) in [5.41, 5.74) is 5.45. The molecule has 1 heterocycles. The zero-order valence-corrected chi connectivity index (χ0v) is 11.0. The Morgan fingerprint density at radius 2 is 2.11 bits per heavy atom. The first-order valence-electron chi connectivity index (χ1n) is 6.20. The highest BCUT2D eigenvalue weighted by atomic mass is 32.2. The van der Waals surface area contributed by atoms with Gasteiger partial charge in [0.15, 0.2) is 0 Å². The van der Waals surface area contributed by atoms with Gasteiger partial charge < -0.3 is 5.73 Å². The topological polar surface area (TPSA) is 82.0 Å². The highest BCUT2D eigenvalue weighted by Gasteiger charge is 2.16. The van der Waals surface area contributed by atoms with E-state index >= 15 is 0 Å². The minimum Gasteiger partial charge on any atom is -0.378 e. The smallest absolute Gasteiger partial charge is 0.311 e. The second kappa shape index (κ2) is 6.04. The van der Waals surface area contributed by atoms with Crippen molar-refractivity contribution in [2.45, 2.75) is 37.1 Å². The largest absolute Gasteiger partial charge is 0.378 e. The van der Waals surface area contributed by atoms with Gasteiger partial charge >= 0.3 is 5.69 Å². The lowest BCUT2D eigenvalue weighted by Gasteiger charge is -2.20. The number of nitrogen functional groups attached to an aromatic ring is 1. The first kappa shape index (κ1) is 13.1. The summed E-state index contributed by atoms with van der Waals surface area (Å²) in [4.78, 5) is 14.2. The normalized spacial score (nSPS) is 16.7. The molecule has 0 bridgehead atoms. The lowest BCUT2D eigenvalue weighted by Crippen LogP contribution is -2.08. The summed E-state index contributed by atoms with van der Waals surface area (Å²) < 4.78 is 0. The monoisotopic (exact) mass is 267 g/mol. The van der Waals surface area contributed by atoms with Gasteiger partial charge in [0.1, 0.15) is 0 Å². The fraction of sp³-hybridized carbons (Fsp3) is 0.583. The standard InChI is InChI=1S/C12H17N3O2S/c13-12-10(15(16)17)6-7-11(14-12)18-8-9-4-2-1-3-5-9/h6-7,9H,1-5,8H2,(H2,13,14). The van der Waals surface area contributed by atoms with E-state index in [1.807, 2.05) is 0 Å². The molecule has 1 aliphatic carbocycles. The molecule has 2 rings (SSSR count). The zero-order chi connectivity index (χ0) is 13.0. The Labute approximate surface area is 110 Å². The Morgan fingerprint density at radius 3 is 2.72 bits per heavy atom. The van der Waals surface area contributed by atoms with Gasteiger partial charge in [0.25, 0.3) is 0 Å². The second-order valence-electron chi connectivity index (χ2n) is 4.63. The summed E-state index contributed by atoms with van der Waals surface area (Å²) in [5.74, 6) is 1.79. The van der Waals surface area contributed by atoms with Crippen LogP contribution in [-0.2, 0) is 0 Å². The molecule has 0 radical (unpaired) electrons. The van der Waals surface area contributed by atoms with Crippen LogP contribution < -0.4 is 5.73 Å². The summed E-state index contributed by atoms with van der Waals surface area (Å²) in [6, 6.07) is 3.12. The fourth-order valence-corrected chi connectivity index (χ4v) is 3.31. The number of thioether (sulfide) groups is 1. The Kier molecular flexibility index (Phi) is 4.41. The Bertz CT molecular complexity index is 433. The first-order chi connectivity index (χ1) is 8.66. The van der Waals surface area contributed by atoms with E-state index < -0.39 is 4.92 Å². The maximum atomic E-state index is 10.6. The van der Waals surface area contributed by atoms with Crippen molar-refractivity contribution in [1.82, 2.24) is 4.98 Å². The molecule has 5 nitrogen and oxygen atoms in total. The number of pyridine rings is 1. The van der Waals surface area contributed by atoms with E-state index in [1.54, 1.807) is 17.8 Å². The van der Waals surface area contributed by atoms with Gasteiger partial charge in [-0.3, -0.25) is 10.1 Å². The number of hydrogen-bond donors (Lipinski definition) is 1. The predicted molar refractivity (Wildman–Crippen MR) is 72.6 cm³/mol. The van der Waals surface area contributed by atoms with E-state index in [4.69, 9.17) is 5.73 Å². The van der Waals surface area contributed by atoms with Crippen LogP contribution in [0.5, 0.6) is 0 Å². The van der Waals surface area contributed by atoms with E-state index in [2.05, 4.69) is 4.98 Å². The molecule has 0 unspecified atom stereocenters. The van der Waals surface area contributed by atoms with Crippen LogP contribution in [0.2, 0.25) is 0 Å². The Morgan fingerprint density at radius 1 is 1.39 bits per heavy atom. The molecule has 98 valence electrons. The maximum absolute atomic E-state index is 10.6. The number of hydrogen-bond acceptors (Lipinski definition) is 5. The molecule has 18 heavy (non-hydrogen) atoms. The van der Waals surface area contributed by atoms with Crippen LogP contribution in [0, 0.1) is 16.0 Å². The minimum atomic E-state index is -0.502. The van der Waals surface area contributed by atoms with Crippen molar-refractivity contribution >= 4 is 23.3 Å². The third kappa shape index (κ3) is 3.35. The highest BCUT2D eigenvalue weighted by Crippen LogP contribution is 2.30. The maximum Gasteiger partial charge on any atom is 0.311 e. The number of nitrogens with two attached hydrogens (primary N) is 1. The second-order valence-corrected chi connectivity index (χ2v) is 5.67. The van der Waals surface area contributed by atoms with Crippen LogP contribution in [0.25, 0.3) is 0 Å². The third-order valence-electron chi connectivity index (χ3n) is 3.27.